The van der Waals surface area contributed by atoms with E-state index in [1.807, 2.05) is 4.90 Å². The lowest BCUT2D eigenvalue weighted by atomic mass is 10.1. The number of ether oxygens (including phenoxy) is 1. The van der Waals surface area contributed by atoms with E-state index in [9.17, 15) is 4.79 Å². The Balaban J connectivity index is 1.89. The number of amides is 1. The molecule has 0 aromatic carbocycles. The second-order valence-electron chi connectivity index (χ2n) is 4.21. The monoisotopic (exact) mass is 269 g/mol. The third-order valence-corrected chi connectivity index (χ3v) is 3.07. The maximum absolute atomic E-state index is 11.8. The summed E-state index contributed by atoms with van der Waals surface area (Å²) < 4.78 is 5.74. The van der Waals surface area contributed by atoms with Gasteiger partial charge in [0.15, 0.2) is 0 Å². The van der Waals surface area contributed by atoms with Crippen LogP contribution >= 0.6 is 11.6 Å². The molecule has 2 heterocycles. The van der Waals surface area contributed by atoms with Gasteiger partial charge in [0, 0.05) is 31.1 Å². The number of rotatable bonds is 4. The lowest BCUT2D eigenvalue weighted by molar-refractivity contribution is -0.133. The Morgan fingerprint density at radius 2 is 2.50 bits per heavy atom. The van der Waals surface area contributed by atoms with Crippen LogP contribution in [0.1, 0.15) is 19.3 Å². The molecule has 1 saturated heterocycles. The second-order valence-corrected chi connectivity index (χ2v) is 4.59. The van der Waals surface area contributed by atoms with Crippen LogP contribution < -0.4 is 4.74 Å². The van der Waals surface area contributed by atoms with E-state index in [1.54, 1.807) is 12.3 Å². The van der Waals surface area contributed by atoms with Crippen LogP contribution in [0, 0.1) is 0 Å². The van der Waals surface area contributed by atoms with Crippen molar-refractivity contribution in [2.24, 2.45) is 0 Å². The summed E-state index contributed by atoms with van der Waals surface area (Å²) in [6.07, 6.45) is 5.38. The van der Waals surface area contributed by atoms with E-state index in [1.165, 1.54) is 6.33 Å². The minimum atomic E-state index is 0.00734. The Bertz CT molecular complexity index is 388. The van der Waals surface area contributed by atoms with Crippen LogP contribution in [0.2, 0.25) is 0 Å². The molecule has 0 spiro atoms. The molecule has 0 bridgehead atoms. The maximum atomic E-state index is 11.8. The first kappa shape index (κ1) is 13.1. The summed E-state index contributed by atoms with van der Waals surface area (Å²) in [5.41, 5.74) is 0. The molecule has 0 N–H and O–H groups in total. The van der Waals surface area contributed by atoms with E-state index in [0.717, 1.165) is 19.4 Å². The predicted octanol–water partition coefficient (Wildman–Crippen LogP) is 1.48. The first-order valence-corrected chi connectivity index (χ1v) is 6.59. The number of halogens is 1. The van der Waals surface area contributed by atoms with E-state index in [2.05, 4.69) is 9.97 Å². The van der Waals surface area contributed by atoms with Crippen LogP contribution in [0.5, 0.6) is 5.88 Å². The SMILES string of the molecule is O=C(CCCl)N1CCCC(Oc2ccncn2)C1. The fourth-order valence-corrected chi connectivity index (χ4v) is 2.18. The number of carbonyl (C=O) groups is 1. The summed E-state index contributed by atoms with van der Waals surface area (Å²) in [7, 11) is 0. The predicted molar refractivity (Wildman–Crippen MR) is 67.6 cm³/mol. The van der Waals surface area contributed by atoms with Crippen molar-refractivity contribution in [2.45, 2.75) is 25.4 Å². The molecule has 1 amide bonds. The Kier molecular flexibility index (Phi) is 4.75. The minimum absolute atomic E-state index is 0.00734. The van der Waals surface area contributed by atoms with Gasteiger partial charge in [0.25, 0.3) is 0 Å². The van der Waals surface area contributed by atoms with Crippen molar-refractivity contribution in [1.29, 1.82) is 0 Å². The van der Waals surface area contributed by atoms with Gasteiger partial charge in [-0.05, 0) is 12.8 Å². The summed E-state index contributed by atoms with van der Waals surface area (Å²) in [6.45, 7) is 1.40. The summed E-state index contributed by atoms with van der Waals surface area (Å²) in [4.78, 5) is 21.4. The molecule has 0 saturated carbocycles. The zero-order valence-corrected chi connectivity index (χ0v) is 10.8. The van der Waals surface area contributed by atoms with Crippen molar-refractivity contribution < 1.29 is 9.53 Å². The van der Waals surface area contributed by atoms with Crippen molar-refractivity contribution in [3.63, 3.8) is 0 Å². The van der Waals surface area contributed by atoms with Gasteiger partial charge in [0.05, 0.1) is 6.54 Å². The zero-order chi connectivity index (χ0) is 12.8. The van der Waals surface area contributed by atoms with Crippen LogP contribution in [0.3, 0.4) is 0 Å². The van der Waals surface area contributed by atoms with Crippen LogP contribution in [-0.2, 0) is 4.79 Å². The molecule has 1 unspecified atom stereocenters. The topological polar surface area (TPSA) is 55.3 Å². The molecule has 1 aliphatic rings. The Morgan fingerprint density at radius 1 is 1.61 bits per heavy atom. The van der Waals surface area contributed by atoms with Crippen LogP contribution in [0.25, 0.3) is 0 Å². The van der Waals surface area contributed by atoms with Crippen LogP contribution in [-0.4, -0.2) is 45.8 Å². The van der Waals surface area contributed by atoms with Crippen molar-refractivity contribution in [3.05, 3.63) is 18.6 Å². The molecule has 98 valence electrons. The van der Waals surface area contributed by atoms with E-state index in [0.29, 0.717) is 24.7 Å². The molecule has 18 heavy (non-hydrogen) atoms. The van der Waals surface area contributed by atoms with Crippen LogP contribution in [0.4, 0.5) is 0 Å². The summed E-state index contributed by atoms with van der Waals surface area (Å²) in [6, 6.07) is 1.72. The summed E-state index contributed by atoms with van der Waals surface area (Å²) in [5.74, 6) is 1.02. The molecule has 0 radical (unpaired) electrons. The van der Waals surface area contributed by atoms with Crippen molar-refractivity contribution in [1.82, 2.24) is 14.9 Å². The van der Waals surface area contributed by atoms with Gasteiger partial charge in [-0.25, -0.2) is 9.97 Å². The number of hydrogen-bond acceptors (Lipinski definition) is 4. The average Bonchev–Trinajstić information content (AvgIpc) is 2.40. The minimum Gasteiger partial charge on any atom is -0.472 e. The summed E-state index contributed by atoms with van der Waals surface area (Å²) >= 11 is 5.59. The normalized spacial score (nSPS) is 19.6. The fraction of sp³-hybridized carbons (Fsp3) is 0.583. The van der Waals surface area contributed by atoms with E-state index in [-0.39, 0.29) is 12.0 Å². The first-order chi connectivity index (χ1) is 8.79. The van der Waals surface area contributed by atoms with Gasteiger partial charge in [-0.15, -0.1) is 11.6 Å². The fourth-order valence-electron chi connectivity index (χ4n) is 2.02. The second kappa shape index (κ2) is 6.54. The van der Waals surface area contributed by atoms with Gasteiger partial charge in [0.2, 0.25) is 11.8 Å². The molecule has 1 fully saturated rings. The highest BCUT2D eigenvalue weighted by Crippen LogP contribution is 2.16. The van der Waals surface area contributed by atoms with E-state index >= 15 is 0 Å². The highest BCUT2D eigenvalue weighted by molar-refractivity contribution is 6.18. The molecule has 1 aromatic rings. The smallest absolute Gasteiger partial charge is 0.223 e. The van der Waals surface area contributed by atoms with Gasteiger partial charge in [-0.2, -0.15) is 0 Å². The third-order valence-electron chi connectivity index (χ3n) is 2.88. The van der Waals surface area contributed by atoms with Gasteiger partial charge in [0.1, 0.15) is 12.4 Å². The molecular weight excluding hydrogens is 254 g/mol. The molecule has 0 aliphatic carbocycles. The molecule has 2 rings (SSSR count). The quantitative estimate of drug-likeness (QED) is 0.777. The molecule has 1 aromatic heterocycles. The van der Waals surface area contributed by atoms with Crippen molar-refractivity contribution in [2.75, 3.05) is 19.0 Å². The standard InChI is InChI=1S/C12H16ClN3O2/c13-5-3-12(17)16-7-1-2-10(8-16)18-11-4-6-14-9-15-11/h4,6,9-10H,1-3,5,7-8H2. The number of piperidine rings is 1. The zero-order valence-electron chi connectivity index (χ0n) is 10.1. The molecule has 1 aliphatic heterocycles. The van der Waals surface area contributed by atoms with E-state index < -0.39 is 0 Å². The number of likely N-dealkylation sites (tertiary alicyclic amines) is 1. The molecule has 5 nitrogen and oxygen atoms in total. The lowest BCUT2D eigenvalue weighted by Crippen LogP contribution is -2.44. The number of aromatic nitrogens is 2. The number of hydrogen-bond donors (Lipinski definition) is 0. The van der Waals surface area contributed by atoms with Crippen LogP contribution in [0.15, 0.2) is 18.6 Å². The molecular formula is C12H16ClN3O2. The lowest BCUT2D eigenvalue weighted by Gasteiger charge is -2.32. The van der Waals surface area contributed by atoms with Crippen molar-refractivity contribution in [3.8, 4) is 5.88 Å². The van der Waals surface area contributed by atoms with Crippen molar-refractivity contribution >= 4 is 17.5 Å². The number of alkyl halides is 1. The molecule has 6 heteroatoms. The molecule has 1 atom stereocenters. The average molecular weight is 270 g/mol. The highest BCUT2D eigenvalue weighted by atomic mass is 35.5. The van der Waals surface area contributed by atoms with Gasteiger partial charge in [-0.3, -0.25) is 4.79 Å². The Labute approximate surface area is 111 Å². The highest BCUT2D eigenvalue weighted by Gasteiger charge is 2.24. The largest absolute Gasteiger partial charge is 0.472 e. The van der Waals surface area contributed by atoms with Gasteiger partial charge >= 0.3 is 0 Å². The third kappa shape index (κ3) is 3.57. The first-order valence-electron chi connectivity index (χ1n) is 6.06. The number of carbonyl (C=O) groups excluding carboxylic acids is 1. The van der Waals surface area contributed by atoms with E-state index in [4.69, 9.17) is 16.3 Å². The van der Waals surface area contributed by atoms with Gasteiger partial charge < -0.3 is 9.64 Å². The summed E-state index contributed by atoms with van der Waals surface area (Å²) in [5, 5.41) is 0. The Morgan fingerprint density at radius 3 is 3.22 bits per heavy atom. The maximum Gasteiger partial charge on any atom is 0.223 e. The van der Waals surface area contributed by atoms with Gasteiger partial charge in [-0.1, -0.05) is 0 Å². The number of nitrogens with zero attached hydrogens (tertiary/aromatic N) is 3. The Hall–Kier alpha value is -1.36.